The van der Waals surface area contributed by atoms with Crippen LogP contribution in [0.4, 0.5) is 0 Å². The third kappa shape index (κ3) is 3.80. The van der Waals surface area contributed by atoms with E-state index in [2.05, 4.69) is 28.0 Å². The lowest BCUT2D eigenvalue weighted by molar-refractivity contribution is 0.00738. The molecule has 19 heavy (non-hydrogen) atoms. The number of hydrogen-bond acceptors (Lipinski definition) is 3. The van der Waals surface area contributed by atoms with Crippen LogP contribution in [-0.4, -0.2) is 28.5 Å². The summed E-state index contributed by atoms with van der Waals surface area (Å²) >= 11 is 3.65. The minimum absolute atomic E-state index is 0.138. The first-order valence-electron chi connectivity index (χ1n) is 7.19. The van der Waals surface area contributed by atoms with Crippen molar-refractivity contribution in [3.8, 4) is 0 Å². The van der Waals surface area contributed by atoms with Crippen LogP contribution in [0.1, 0.15) is 44.0 Å². The van der Waals surface area contributed by atoms with Gasteiger partial charge in [-0.15, -0.1) is 0 Å². The summed E-state index contributed by atoms with van der Waals surface area (Å²) in [5, 5.41) is 4.51. The van der Waals surface area contributed by atoms with Gasteiger partial charge in [-0.2, -0.15) is 5.10 Å². The van der Waals surface area contributed by atoms with Crippen molar-refractivity contribution in [2.75, 3.05) is 6.61 Å². The minimum atomic E-state index is 0.138. The maximum absolute atomic E-state index is 6.28. The highest BCUT2D eigenvalue weighted by atomic mass is 79.9. The van der Waals surface area contributed by atoms with E-state index in [1.54, 1.807) is 0 Å². The average Bonchev–Trinajstić information content (AvgIpc) is 2.67. The van der Waals surface area contributed by atoms with Crippen LogP contribution in [0.5, 0.6) is 0 Å². The van der Waals surface area contributed by atoms with Gasteiger partial charge < -0.3 is 10.5 Å². The third-order valence-corrected chi connectivity index (χ3v) is 4.71. The number of nitrogens with two attached hydrogens (primary N) is 1. The molecule has 2 unspecified atom stereocenters. The molecule has 1 aromatic rings. The standard InChI is InChI=1S/C14H24BrN3O/c1-3-12-14(15)13(18(2)17-12)9-10(16)8-11-6-4-5-7-19-11/h10-11H,3-9,16H2,1-2H3. The molecule has 2 N–H and O–H groups in total. The Balaban J connectivity index is 1.94. The highest BCUT2D eigenvalue weighted by Gasteiger charge is 2.20. The Hall–Kier alpha value is -0.390. The van der Waals surface area contributed by atoms with Gasteiger partial charge in [0.2, 0.25) is 0 Å². The summed E-state index contributed by atoms with van der Waals surface area (Å²) in [7, 11) is 1.99. The Morgan fingerprint density at radius 1 is 1.53 bits per heavy atom. The van der Waals surface area contributed by atoms with Crippen molar-refractivity contribution in [2.24, 2.45) is 12.8 Å². The van der Waals surface area contributed by atoms with Crippen LogP contribution in [0, 0.1) is 0 Å². The number of hydrogen-bond donors (Lipinski definition) is 1. The number of ether oxygens (including phenoxy) is 1. The van der Waals surface area contributed by atoms with Gasteiger partial charge in [-0.25, -0.2) is 0 Å². The van der Waals surface area contributed by atoms with Crippen LogP contribution < -0.4 is 5.73 Å². The van der Waals surface area contributed by atoms with Crippen molar-refractivity contribution in [1.29, 1.82) is 0 Å². The second-order valence-corrected chi connectivity index (χ2v) is 6.17. The van der Waals surface area contributed by atoms with Crippen molar-refractivity contribution >= 4 is 15.9 Å². The highest BCUT2D eigenvalue weighted by Crippen LogP contribution is 2.24. The molecule has 1 aromatic heterocycles. The van der Waals surface area contributed by atoms with Crippen molar-refractivity contribution in [2.45, 2.75) is 57.6 Å². The molecule has 1 fully saturated rings. The zero-order valence-corrected chi connectivity index (χ0v) is 13.4. The number of aryl methyl sites for hydroxylation is 2. The predicted octanol–water partition coefficient (Wildman–Crippen LogP) is 2.57. The fraction of sp³-hybridized carbons (Fsp3) is 0.786. The fourth-order valence-electron chi connectivity index (χ4n) is 2.70. The second kappa shape index (κ2) is 6.86. The molecule has 2 heterocycles. The van der Waals surface area contributed by atoms with Crippen molar-refractivity contribution < 1.29 is 4.74 Å². The van der Waals surface area contributed by atoms with Gasteiger partial charge in [-0.1, -0.05) is 6.92 Å². The van der Waals surface area contributed by atoms with Gasteiger partial charge in [0.05, 0.1) is 22.0 Å². The predicted molar refractivity (Wildman–Crippen MR) is 80.2 cm³/mol. The molecule has 0 aliphatic carbocycles. The van der Waals surface area contributed by atoms with Gasteiger partial charge in [0.25, 0.3) is 0 Å². The Bertz CT molecular complexity index is 413. The topological polar surface area (TPSA) is 53.1 Å². The summed E-state index contributed by atoms with van der Waals surface area (Å²) in [6.45, 7) is 3.01. The SMILES string of the molecule is CCc1nn(C)c(CC(N)CC2CCCCO2)c1Br. The van der Waals surface area contributed by atoms with Gasteiger partial charge in [0.15, 0.2) is 0 Å². The number of nitrogens with zero attached hydrogens (tertiary/aromatic N) is 2. The molecule has 0 amide bonds. The summed E-state index contributed by atoms with van der Waals surface area (Å²) in [5.41, 5.74) is 8.59. The fourth-order valence-corrected chi connectivity index (χ4v) is 3.48. The minimum Gasteiger partial charge on any atom is -0.378 e. The van der Waals surface area contributed by atoms with Crippen molar-refractivity contribution in [3.63, 3.8) is 0 Å². The Morgan fingerprint density at radius 3 is 2.89 bits per heavy atom. The largest absolute Gasteiger partial charge is 0.378 e. The lowest BCUT2D eigenvalue weighted by Gasteiger charge is -2.25. The molecule has 0 radical (unpaired) electrons. The van der Waals surface area contributed by atoms with E-state index in [1.165, 1.54) is 18.5 Å². The lowest BCUT2D eigenvalue weighted by Crippen LogP contribution is -2.32. The number of aromatic nitrogens is 2. The molecule has 0 saturated carbocycles. The van der Waals surface area contributed by atoms with Gasteiger partial charge in [0, 0.05) is 26.1 Å². The molecule has 1 saturated heterocycles. The van der Waals surface area contributed by atoms with Gasteiger partial charge in [0.1, 0.15) is 0 Å². The first kappa shape index (κ1) is 15.0. The van der Waals surface area contributed by atoms with E-state index in [0.29, 0.717) is 6.10 Å². The maximum atomic E-state index is 6.28. The van der Waals surface area contributed by atoms with Crippen LogP contribution in [0.25, 0.3) is 0 Å². The van der Waals surface area contributed by atoms with E-state index >= 15 is 0 Å². The summed E-state index contributed by atoms with van der Waals surface area (Å²) in [6, 6.07) is 0.138. The van der Waals surface area contributed by atoms with E-state index in [1.807, 2.05) is 11.7 Å². The van der Waals surface area contributed by atoms with E-state index in [9.17, 15) is 0 Å². The van der Waals surface area contributed by atoms with Crippen LogP contribution in [0.2, 0.25) is 0 Å². The van der Waals surface area contributed by atoms with E-state index in [0.717, 1.165) is 42.5 Å². The molecular weight excluding hydrogens is 306 g/mol. The first-order valence-corrected chi connectivity index (χ1v) is 7.98. The summed E-state index contributed by atoms with van der Waals surface area (Å²) in [6.07, 6.45) is 6.70. The van der Waals surface area contributed by atoms with E-state index in [-0.39, 0.29) is 6.04 Å². The molecule has 2 atom stereocenters. The molecule has 1 aliphatic heterocycles. The van der Waals surface area contributed by atoms with Gasteiger partial charge >= 0.3 is 0 Å². The quantitative estimate of drug-likeness (QED) is 0.903. The Morgan fingerprint density at radius 2 is 2.32 bits per heavy atom. The molecule has 1 aliphatic rings. The molecule has 0 bridgehead atoms. The lowest BCUT2D eigenvalue weighted by atomic mass is 9.99. The molecule has 0 aromatic carbocycles. The molecular formula is C14H24BrN3O. The number of halogens is 1. The van der Waals surface area contributed by atoms with Crippen LogP contribution in [0.15, 0.2) is 4.47 Å². The molecule has 2 rings (SSSR count). The summed E-state index contributed by atoms with van der Waals surface area (Å²) in [5.74, 6) is 0. The molecule has 4 nitrogen and oxygen atoms in total. The monoisotopic (exact) mass is 329 g/mol. The normalized spacial score (nSPS) is 21.6. The zero-order chi connectivity index (χ0) is 13.8. The third-order valence-electron chi connectivity index (χ3n) is 3.80. The van der Waals surface area contributed by atoms with Crippen LogP contribution in [0.3, 0.4) is 0 Å². The average molecular weight is 330 g/mol. The first-order chi connectivity index (χ1) is 9.11. The van der Waals surface area contributed by atoms with Crippen molar-refractivity contribution in [1.82, 2.24) is 9.78 Å². The molecule has 108 valence electrons. The summed E-state index contributed by atoms with van der Waals surface area (Å²) in [4.78, 5) is 0. The Labute approximate surface area is 123 Å². The zero-order valence-electron chi connectivity index (χ0n) is 11.9. The van der Waals surface area contributed by atoms with Crippen LogP contribution >= 0.6 is 15.9 Å². The Kier molecular flexibility index (Phi) is 5.42. The highest BCUT2D eigenvalue weighted by molar-refractivity contribution is 9.10. The second-order valence-electron chi connectivity index (χ2n) is 5.37. The molecule has 5 heteroatoms. The summed E-state index contributed by atoms with van der Waals surface area (Å²) < 4.78 is 8.83. The van der Waals surface area contributed by atoms with Crippen LogP contribution in [-0.2, 0) is 24.6 Å². The number of rotatable bonds is 5. The van der Waals surface area contributed by atoms with Crippen molar-refractivity contribution in [3.05, 3.63) is 15.9 Å². The maximum Gasteiger partial charge on any atom is 0.0766 e. The van der Waals surface area contributed by atoms with E-state index in [4.69, 9.17) is 10.5 Å². The van der Waals surface area contributed by atoms with Gasteiger partial charge in [-0.05, 0) is 48.0 Å². The van der Waals surface area contributed by atoms with E-state index < -0.39 is 0 Å². The van der Waals surface area contributed by atoms with Gasteiger partial charge in [-0.3, -0.25) is 4.68 Å². The molecule has 0 spiro atoms. The smallest absolute Gasteiger partial charge is 0.0766 e.